The van der Waals surface area contributed by atoms with Crippen molar-refractivity contribution in [2.24, 2.45) is 5.92 Å². The molecule has 4 atom stereocenters. The minimum absolute atomic E-state index is 0. The van der Waals surface area contributed by atoms with E-state index >= 15 is 0 Å². The Morgan fingerprint density at radius 1 is 1.10 bits per heavy atom. The van der Waals surface area contributed by atoms with Crippen LogP contribution in [-0.2, 0) is 17.8 Å². The maximum absolute atomic E-state index is 13.3. The van der Waals surface area contributed by atoms with Crippen LogP contribution in [0.5, 0.6) is 0 Å². The lowest BCUT2D eigenvalue weighted by atomic mass is 9.78. The van der Waals surface area contributed by atoms with Gasteiger partial charge in [-0.3, -0.25) is 9.59 Å². The van der Waals surface area contributed by atoms with Gasteiger partial charge < -0.3 is 19.9 Å². The number of nitrogens with one attached hydrogen (secondary N) is 1. The normalized spacial score (nSPS) is 27.4. The highest BCUT2D eigenvalue weighted by Gasteiger charge is 2.42. The van der Waals surface area contributed by atoms with E-state index in [2.05, 4.69) is 17.4 Å². The Labute approximate surface area is 175 Å². The average molecular weight is 416 g/mol. The fourth-order valence-electron chi connectivity index (χ4n) is 5.31. The SMILES string of the molecule is Cl.O=C([C@H]1Cc2ccccc2CN1)N1C[C@H]2C[C@@H](C1)[C@H](CO)n1c2cccc1=O. The zero-order chi connectivity index (χ0) is 19.3. The first-order valence-corrected chi connectivity index (χ1v) is 10.1. The lowest BCUT2D eigenvalue weighted by Crippen LogP contribution is -2.56. The second kappa shape index (κ2) is 7.94. The molecule has 1 aromatic heterocycles. The van der Waals surface area contributed by atoms with E-state index in [1.165, 1.54) is 11.1 Å². The Hall–Kier alpha value is -2.15. The lowest BCUT2D eigenvalue weighted by molar-refractivity contribution is -0.137. The van der Waals surface area contributed by atoms with Crippen LogP contribution in [0.3, 0.4) is 0 Å². The molecule has 2 aromatic rings. The van der Waals surface area contributed by atoms with E-state index in [9.17, 15) is 14.7 Å². The molecule has 1 amide bonds. The summed E-state index contributed by atoms with van der Waals surface area (Å²) in [5.41, 5.74) is 3.39. The molecular weight excluding hydrogens is 390 g/mol. The number of hydrogen-bond acceptors (Lipinski definition) is 4. The number of pyridine rings is 1. The quantitative estimate of drug-likeness (QED) is 0.778. The molecule has 2 N–H and O–H groups in total. The van der Waals surface area contributed by atoms with Crippen LogP contribution in [0.15, 0.2) is 47.3 Å². The van der Waals surface area contributed by atoms with Crippen LogP contribution in [0.25, 0.3) is 0 Å². The van der Waals surface area contributed by atoms with E-state index in [4.69, 9.17) is 0 Å². The molecule has 0 spiro atoms. The number of piperidine rings is 1. The third-order valence-corrected chi connectivity index (χ3v) is 6.68. The minimum Gasteiger partial charge on any atom is -0.394 e. The number of aliphatic hydroxyl groups is 1. The Kier molecular flexibility index (Phi) is 5.51. The molecule has 7 heteroatoms. The number of nitrogens with zero attached hydrogens (tertiary/aromatic N) is 2. The fraction of sp³-hybridized carbons (Fsp3) is 0.455. The maximum Gasteiger partial charge on any atom is 0.251 e. The number of fused-ring (bicyclic) bond motifs is 5. The summed E-state index contributed by atoms with van der Waals surface area (Å²) < 4.78 is 1.76. The van der Waals surface area contributed by atoms with E-state index < -0.39 is 0 Å². The van der Waals surface area contributed by atoms with Crippen LogP contribution in [0.2, 0.25) is 0 Å². The molecule has 6 nitrogen and oxygen atoms in total. The second-order valence-corrected chi connectivity index (χ2v) is 8.25. The van der Waals surface area contributed by atoms with Crippen molar-refractivity contribution in [3.8, 4) is 0 Å². The van der Waals surface area contributed by atoms with Gasteiger partial charge in [-0.05, 0) is 30.0 Å². The van der Waals surface area contributed by atoms with Gasteiger partial charge in [-0.25, -0.2) is 0 Å². The van der Waals surface area contributed by atoms with Gasteiger partial charge in [-0.2, -0.15) is 0 Å². The minimum atomic E-state index is -0.254. The van der Waals surface area contributed by atoms with Crippen molar-refractivity contribution < 1.29 is 9.90 Å². The van der Waals surface area contributed by atoms with Gasteiger partial charge in [0.1, 0.15) is 0 Å². The first kappa shape index (κ1) is 20.1. The highest BCUT2D eigenvalue weighted by molar-refractivity contribution is 5.85. The molecule has 2 bridgehead atoms. The van der Waals surface area contributed by atoms with Gasteiger partial charge in [0, 0.05) is 43.2 Å². The summed E-state index contributed by atoms with van der Waals surface area (Å²) in [6.45, 7) is 1.87. The molecular formula is C22H26ClN3O3. The van der Waals surface area contributed by atoms with Gasteiger partial charge in [-0.1, -0.05) is 30.3 Å². The standard InChI is InChI=1S/C22H25N3O3.ClH/c26-13-20-17-8-16(19-6-3-7-21(27)25(19)20)11-24(12-17)22(28)18-9-14-4-1-2-5-15(14)10-23-18;/h1-7,16-18,20,23,26H,8-13H2;1H/t16-,17+,18-,20+;/m1./s1. The average Bonchev–Trinajstić information content (AvgIpc) is 2.73. The Bertz CT molecular complexity index is 976. The summed E-state index contributed by atoms with van der Waals surface area (Å²) in [6, 6.07) is 13.1. The molecule has 3 aliphatic heterocycles. The number of carbonyl (C=O) groups is 1. The number of hydrogen-bond donors (Lipinski definition) is 2. The summed E-state index contributed by atoms with van der Waals surface area (Å²) >= 11 is 0. The summed E-state index contributed by atoms with van der Waals surface area (Å²) in [7, 11) is 0. The van der Waals surface area contributed by atoms with Gasteiger partial charge in [0.25, 0.3) is 5.56 Å². The molecule has 3 aliphatic rings. The van der Waals surface area contributed by atoms with E-state index in [1.54, 1.807) is 16.7 Å². The third kappa shape index (κ3) is 3.39. The van der Waals surface area contributed by atoms with E-state index in [1.807, 2.05) is 23.1 Å². The number of benzene rings is 1. The zero-order valence-electron chi connectivity index (χ0n) is 16.2. The van der Waals surface area contributed by atoms with E-state index in [0.717, 1.165) is 12.1 Å². The smallest absolute Gasteiger partial charge is 0.251 e. The third-order valence-electron chi connectivity index (χ3n) is 6.68. The van der Waals surface area contributed by atoms with E-state index in [-0.39, 0.29) is 54.4 Å². The summed E-state index contributed by atoms with van der Waals surface area (Å²) in [5, 5.41) is 13.4. The number of carbonyl (C=O) groups excluding carboxylic acids is 1. The van der Waals surface area contributed by atoms with Crippen LogP contribution in [0.4, 0.5) is 0 Å². The first-order valence-electron chi connectivity index (χ1n) is 10.1. The van der Waals surface area contributed by atoms with E-state index in [0.29, 0.717) is 26.1 Å². The van der Waals surface area contributed by atoms with Crippen LogP contribution in [-0.4, -0.2) is 46.2 Å². The maximum atomic E-state index is 13.3. The molecule has 1 saturated heterocycles. The monoisotopic (exact) mass is 415 g/mol. The number of halogens is 1. The predicted octanol–water partition coefficient (Wildman–Crippen LogP) is 1.46. The summed E-state index contributed by atoms with van der Waals surface area (Å²) in [4.78, 5) is 27.7. The molecule has 0 saturated carbocycles. The lowest BCUT2D eigenvalue weighted by Gasteiger charge is -2.47. The van der Waals surface area contributed by atoms with Crippen molar-refractivity contribution in [1.29, 1.82) is 0 Å². The highest BCUT2D eigenvalue weighted by Crippen LogP contribution is 2.41. The van der Waals surface area contributed by atoms with Gasteiger partial charge >= 0.3 is 0 Å². The Morgan fingerprint density at radius 3 is 2.69 bits per heavy atom. The molecule has 1 fully saturated rings. The van der Waals surface area contributed by atoms with Crippen LogP contribution in [0, 0.1) is 5.92 Å². The number of rotatable bonds is 2. The molecule has 0 unspecified atom stereocenters. The topological polar surface area (TPSA) is 74.6 Å². The Balaban J connectivity index is 0.00000205. The molecule has 5 rings (SSSR count). The number of amides is 1. The zero-order valence-corrected chi connectivity index (χ0v) is 17.0. The molecule has 0 radical (unpaired) electrons. The number of likely N-dealkylation sites (tertiary alicyclic amines) is 1. The largest absolute Gasteiger partial charge is 0.394 e. The second-order valence-electron chi connectivity index (χ2n) is 8.25. The van der Waals surface area contributed by atoms with Gasteiger partial charge in [0.2, 0.25) is 5.91 Å². The van der Waals surface area contributed by atoms with Crippen molar-refractivity contribution in [2.45, 2.75) is 37.4 Å². The van der Waals surface area contributed by atoms with Crippen LogP contribution >= 0.6 is 12.4 Å². The molecule has 29 heavy (non-hydrogen) atoms. The van der Waals surface area contributed by atoms with Gasteiger partial charge in [0.05, 0.1) is 18.7 Å². The van der Waals surface area contributed by atoms with Crippen molar-refractivity contribution in [3.05, 3.63) is 69.6 Å². The summed E-state index contributed by atoms with van der Waals surface area (Å²) in [6.07, 6.45) is 1.62. The van der Waals surface area contributed by atoms with Crippen molar-refractivity contribution in [2.75, 3.05) is 19.7 Å². The predicted molar refractivity (Wildman–Crippen MR) is 112 cm³/mol. The molecule has 1 aromatic carbocycles. The number of aliphatic hydroxyl groups excluding tert-OH is 1. The number of aromatic nitrogens is 1. The fourth-order valence-corrected chi connectivity index (χ4v) is 5.31. The summed E-state index contributed by atoms with van der Waals surface area (Å²) in [5.74, 6) is 0.388. The van der Waals surface area contributed by atoms with Crippen molar-refractivity contribution in [1.82, 2.24) is 14.8 Å². The van der Waals surface area contributed by atoms with Crippen LogP contribution < -0.4 is 10.9 Å². The molecule has 154 valence electrons. The molecule has 0 aliphatic carbocycles. The first-order chi connectivity index (χ1) is 13.7. The highest BCUT2D eigenvalue weighted by atomic mass is 35.5. The van der Waals surface area contributed by atoms with Crippen molar-refractivity contribution >= 4 is 18.3 Å². The Morgan fingerprint density at radius 2 is 1.90 bits per heavy atom. The van der Waals surface area contributed by atoms with Gasteiger partial charge in [0.15, 0.2) is 0 Å². The molecule has 4 heterocycles. The van der Waals surface area contributed by atoms with Crippen LogP contribution in [0.1, 0.15) is 35.2 Å². The van der Waals surface area contributed by atoms with Crippen molar-refractivity contribution in [3.63, 3.8) is 0 Å². The van der Waals surface area contributed by atoms with Gasteiger partial charge in [-0.15, -0.1) is 12.4 Å².